The molecule has 10 atom stereocenters. The van der Waals surface area contributed by atoms with E-state index in [9.17, 15) is 9.59 Å². The van der Waals surface area contributed by atoms with Gasteiger partial charge in [0, 0.05) is 48.3 Å². The van der Waals surface area contributed by atoms with Gasteiger partial charge in [-0.25, -0.2) is 0 Å². The maximum absolute atomic E-state index is 13.7. The second kappa shape index (κ2) is 12.6. The molecule has 0 saturated carbocycles. The molecule has 0 radical (unpaired) electrons. The van der Waals surface area contributed by atoms with Crippen molar-refractivity contribution in [1.82, 2.24) is 19.8 Å². The molecule has 6 fully saturated rings. The van der Waals surface area contributed by atoms with Gasteiger partial charge in [-0.2, -0.15) is 0 Å². The Kier molecular flexibility index (Phi) is 7.89. The van der Waals surface area contributed by atoms with E-state index in [2.05, 4.69) is 80.0 Å². The summed E-state index contributed by atoms with van der Waals surface area (Å²) < 4.78 is 0. The SMILES string of the molecule is C=C[C@H]1CN2CC[C@H]1C[C@@H]2[C@@H](Nc1c(N[C@@H](c2ccnc3ccccc23)[C@H]2C[C@@H]3CCN2C[C@@H]3C=C)c(=O)c1=O)c1ccnc2ccccc12. The minimum absolute atomic E-state index is 0.156. The molecule has 5 aromatic rings. The maximum atomic E-state index is 13.7. The monoisotopic (exact) mass is 664 g/mol. The van der Waals surface area contributed by atoms with Crippen LogP contribution in [0.4, 0.5) is 11.4 Å². The van der Waals surface area contributed by atoms with Crippen LogP contribution in [0.15, 0.2) is 108 Å². The number of anilines is 2. The number of rotatable bonds is 10. The number of piperidine rings is 6. The van der Waals surface area contributed by atoms with Crippen molar-refractivity contribution in [2.45, 2.75) is 49.9 Å². The molecule has 8 nitrogen and oxygen atoms in total. The van der Waals surface area contributed by atoms with Crippen LogP contribution < -0.4 is 21.5 Å². The number of hydrogen-bond acceptors (Lipinski definition) is 8. The number of para-hydroxylation sites is 2. The van der Waals surface area contributed by atoms with Crippen molar-refractivity contribution in [2.24, 2.45) is 23.7 Å². The van der Waals surface area contributed by atoms with Crippen molar-refractivity contribution >= 4 is 33.2 Å². The van der Waals surface area contributed by atoms with Gasteiger partial charge in [0.1, 0.15) is 11.4 Å². The van der Waals surface area contributed by atoms with Crippen molar-refractivity contribution in [2.75, 3.05) is 36.8 Å². The van der Waals surface area contributed by atoms with Crippen molar-refractivity contribution < 1.29 is 0 Å². The normalized spacial score (nSPS) is 29.9. The summed E-state index contributed by atoms with van der Waals surface area (Å²) in [5, 5.41) is 9.60. The summed E-state index contributed by atoms with van der Waals surface area (Å²) >= 11 is 0. The number of pyridine rings is 2. The molecule has 6 aliphatic heterocycles. The fourth-order valence-corrected chi connectivity index (χ4v) is 9.97. The highest BCUT2D eigenvalue weighted by molar-refractivity contribution is 5.85. The topological polar surface area (TPSA) is 90.5 Å². The van der Waals surface area contributed by atoms with Gasteiger partial charge in [0.05, 0.1) is 23.1 Å². The Bertz CT molecular complexity index is 2010. The summed E-state index contributed by atoms with van der Waals surface area (Å²) in [7, 11) is 0. The third kappa shape index (κ3) is 5.11. The Hall–Kier alpha value is -4.66. The molecular formula is C42H44N6O2. The molecule has 2 aromatic heterocycles. The predicted octanol–water partition coefficient (Wildman–Crippen LogP) is 6.48. The fraction of sp³-hybridized carbons (Fsp3) is 0.381. The van der Waals surface area contributed by atoms with Crippen LogP contribution in [0.2, 0.25) is 0 Å². The van der Waals surface area contributed by atoms with E-state index in [1.807, 2.05) is 48.8 Å². The van der Waals surface area contributed by atoms with Crippen molar-refractivity contribution in [3.63, 3.8) is 0 Å². The molecule has 11 rings (SSSR count). The van der Waals surface area contributed by atoms with E-state index < -0.39 is 10.9 Å². The summed E-state index contributed by atoms with van der Waals surface area (Å²) in [6.45, 7) is 12.2. The number of nitrogens with zero attached hydrogens (tertiary/aromatic N) is 4. The number of benzene rings is 2. The number of aromatic nitrogens is 2. The molecule has 4 bridgehead atoms. The third-order valence-corrected chi connectivity index (χ3v) is 12.6. The number of hydrogen-bond donors (Lipinski definition) is 2. The van der Waals surface area contributed by atoms with Gasteiger partial charge < -0.3 is 10.6 Å². The van der Waals surface area contributed by atoms with Crippen molar-refractivity contribution in [3.05, 3.63) is 130 Å². The average Bonchev–Trinajstić information content (AvgIpc) is 3.19. The van der Waals surface area contributed by atoms with Crippen LogP contribution in [0.5, 0.6) is 0 Å². The maximum Gasteiger partial charge on any atom is 0.253 e. The molecule has 0 amide bonds. The second-order valence-corrected chi connectivity index (χ2v) is 15.0. The lowest BCUT2D eigenvalue weighted by atomic mass is 9.72. The van der Waals surface area contributed by atoms with Crippen LogP contribution in [0.1, 0.15) is 48.9 Å². The van der Waals surface area contributed by atoms with Gasteiger partial charge in [0.2, 0.25) is 0 Å². The van der Waals surface area contributed by atoms with E-state index in [0.29, 0.717) is 35.0 Å². The Morgan fingerprint density at radius 1 is 0.660 bits per heavy atom. The zero-order valence-corrected chi connectivity index (χ0v) is 28.4. The van der Waals surface area contributed by atoms with Gasteiger partial charge in [-0.15, -0.1) is 13.2 Å². The van der Waals surface area contributed by atoms with Gasteiger partial charge in [-0.3, -0.25) is 29.4 Å². The first-order valence-corrected chi connectivity index (χ1v) is 18.3. The molecule has 3 aromatic carbocycles. The molecule has 50 heavy (non-hydrogen) atoms. The zero-order valence-electron chi connectivity index (χ0n) is 28.4. The van der Waals surface area contributed by atoms with Crippen LogP contribution in [0.3, 0.4) is 0 Å². The summed E-state index contributed by atoms with van der Waals surface area (Å²) in [5.41, 5.74) is 3.93. The summed E-state index contributed by atoms with van der Waals surface area (Å²) in [4.78, 5) is 41.8. The average molecular weight is 665 g/mol. The van der Waals surface area contributed by atoms with Crippen LogP contribution >= 0.6 is 0 Å². The molecule has 0 spiro atoms. The van der Waals surface area contributed by atoms with Gasteiger partial charge in [-0.05, 0) is 97.8 Å². The highest BCUT2D eigenvalue weighted by Crippen LogP contribution is 2.46. The first-order valence-electron chi connectivity index (χ1n) is 18.3. The Morgan fingerprint density at radius 3 is 1.50 bits per heavy atom. The Labute approximate surface area is 292 Å². The van der Waals surface area contributed by atoms with E-state index >= 15 is 0 Å². The van der Waals surface area contributed by atoms with E-state index in [-0.39, 0.29) is 24.2 Å². The summed E-state index contributed by atoms with van der Waals surface area (Å²) in [5.74, 6) is 2.03. The highest BCUT2D eigenvalue weighted by atomic mass is 16.2. The largest absolute Gasteiger partial charge is 0.372 e. The second-order valence-electron chi connectivity index (χ2n) is 15.0. The third-order valence-electron chi connectivity index (χ3n) is 12.6. The molecule has 6 aliphatic rings. The molecular weight excluding hydrogens is 621 g/mol. The zero-order chi connectivity index (χ0) is 33.9. The number of nitrogens with one attached hydrogen (secondary N) is 2. The Morgan fingerprint density at radius 2 is 1.10 bits per heavy atom. The molecule has 2 N–H and O–H groups in total. The highest BCUT2D eigenvalue weighted by Gasteiger charge is 2.46. The smallest absolute Gasteiger partial charge is 0.253 e. The van der Waals surface area contributed by atoms with Gasteiger partial charge >= 0.3 is 0 Å². The first-order chi connectivity index (χ1) is 24.5. The fourth-order valence-electron chi connectivity index (χ4n) is 9.97. The molecule has 6 saturated heterocycles. The van der Waals surface area contributed by atoms with Gasteiger partial charge in [0.15, 0.2) is 0 Å². The molecule has 254 valence electrons. The lowest BCUT2D eigenvalue weighted by molar-refractivity contribution is 0.0102. The Balaban J connectivity index is 1.12. The summed E-state index contributed by atoms with van der Waals surface area (Å²) in [6.07, 6.45) is 12.3. The van der Waals surface area contributed by atoms with E-state index in [1.54, 1.807) is 0 Å². The minimum atomic E-state index is -0.452. The van der Waals surface area contributed by atoms with E-state index in [1.165, 1.54) is 0 Å². The lowest BCUT2D eigenvalue weighted by Crippen LogP contribution is -2.57. The number of fused-ring (bicyclic) bond motifs is 8. The van der Waals surface area contributed by atoms with Crippen LogP contribution in [-0.2, 0) is 0 Å². The van der Waals surface area contributed by atoms with Crippen molar-refractivity contribution in [1.29, 1.82) is 0 Å². The molecule has 8 heteroatoms. The molecule has 2 unspecified atom stereocenters. The predicted molar refractivity (Wildman–Crippen MR) is 201 cm³/mol. The standard InChI is InChI=1S/C42H44N6O2/c1-3-25-23-47-19-15-27(25)21-35(47)37(31-13-17-43-33-11-7-5-9-29(31)33)45-39-40(42(50)41(39)49)46-38(32-14-18-44-34-12-8-6-10-30(32)34)36-22-28-16-20-48(36)24-26(28)4-2/h3-14,17-18,25-28,35-38,45-46H,1-2,15-16,19-24H2/t25-,26-,27-,28-,35+,36+,37-,38-/m0/s1. The van der Waals surface area contributed by atoms with E-state index in [0.717, 1.165) is 84.8 Å². The molecule has 8 heterocycles. The van der Waals surface area contributed by atoms with Crippen molar-refractivity contribution in [3.8, 4) is 0 Å². The van der Waals surface area contributed by atoms with Gasteiger partial charge in [-0.1, -0.05) is 48.6 Å². The summed E-state index contributed by atoms with van der Waals surface area (Å²) in [6, 6.07) is 20.5. The van der Waals surface area contributed by atoms with E-state index in [4.69, 9.17) is 0 Å². The van der Waals surface area contributed by atoms with Crippen LogP contribution in [0.25, 0.3) is 21.8 Å². The van der Waals surface area contributed by atoms with Crippen LogP contribution in [0, 0.1) is 23.7 Å². The quantitative estimate of drug-likeness (QED) is 0.130. The van der Waals surface area contributed by atoms with Crippen LogP contribution in [-0.4, -0.2) is 58.0 Å². The minimum Gasteiger partial charge on any atom is -0.372 e. The van der Waals surface area contributed by atoms with Gasteiger partial charge in [0.25, 0.3) is 10.9 Å². The lowest BCUT2D eigenvalue weighted by Gasteiger charge is -2.52. The molecule has 0 aliphatic carbocycles. The first kappa shape index (κ1) is 31.3.